The molecule has 3 heteroatoms. The zero-order valence-corrected chi connectivity index (χ0v) is 15.7. The Balaban J connectivity index is 1.93. The number of thioether (sulfide) groups is 1. The van der Waals surface area contributed by atoms with Gasteiger partial charge >= 0.3 is 0 Å². The zero-order chi connectivity index (χ0) is 16.3. The van der Waals surface area contributed by atoms with Crippen LogP contribution in [0.5, 0.6) is 0 Å². The summed E-state index contributed by atoms with van der Waals surface area (Å²) in [7, 11) is 0. The average Bonchev–Trinajstić information content (AvgIpc) is 2.49. The van der Waals surface area contributed by atoms with Crippen molar-refractivity contribution in [2.24, 2.45) is 0 Å². The molecule has 0 unspecified atom stereocenters. The fraction of sp³-hybridized carbons (Fsp3) is 0.684. The Morgan fingerprint density at radius 1 is 1.05 bits per heavy atom. The molecule has 0 aliphatic heterocycles. The van der Waals surface area contributed by atoms with Gasteiger partial charge < -0.3 is 5.32 Å². The SMILES string of the molecule is CCN(CCCNCCCSCc1ccccc1)C(C)(C)C. The van der Waals surface area contributed by atoms with Gasteiger partial charge in [0.1, 0.15) is 0 Å². The van der Waals surface area contributed by atoms with Gasteiger partial charge in [-0.15, -0.1) is 0 Å². The summed E-state index contributed by atoms with van der Waals surface area (Å²) < 4.78 is 0. The summed E-state index contributed by atoms with van der Waals surface area (Å²) in [6, 6.07) is 10.7. The molecule has 0 heterocycles. The number of nitrogens with zero attached hydrogens (tertiary/aromatic N) is 1. The fourth-order valence-electron chi connectivity index (χ4n) is 2.55. The zero-order valence-electron chi connectivity index (χ0n) is 14.9. The lowest BCUT2D eigenvalue weighted by molar-refractivity contribution is 0.143. The van der Waals surface area contributed by atoms with E-state index in [0.29, 0.717) is 5.54 Å². The van der Waals surface area contributed by atoms with Crippen molar-refractivity contribution in [3.63, 3.8) is 0 Å². The summed E-state index contributed by atoms with van der Waals surface area (Å²) in [5.41, 5.74) is 1.73. The lowest BCUT2D eigenvalue weighted by Gasteiger charge is -2.34. The molecular formula is C19H34N2S. The van der Waals surface area contributed by atoms with Crippen LogP contribution < -0.4 is 5.32 Å². The molecule has 0 amide bonds. The smallest absolute Gasteiger partial charge is 0.0184 e. The second-order valence-corrected chi connectivity index (χ2v) is 7.85. The molecule has 0 radical (unpaired) electrons. The lowest BCUT2D eigenvalue weighted by Crippen LogP contribution is -2.42. The Morgan fingerprint density at radius 3 is 2.36 bits per heavy atom. The highest BCUT2D eigenvalue weighted by molar-refractivity contribution is 7.98. The third-order valence-electron chi connectivity index (χ3n) is 3.87. The van der Waals surface area contributed by atoms with E-state index in [1.165, 1.54) is 30.7 Å². The fourth-order valence-corrected chi connectivity index (χ4v) is 3.47. The van der Waals surface area contributed by atoms with Crippen molar-refractivity contribution in [1.29, 1.82) is 0 Å². The molecule has 0 bridgehead atoms. The molecule has 126 valence electrons. The molecule has 0 aliphatic carbocycles. The Labute approximate surface area is 142 Å². The molecule has 0 saturated heterocycles. The second-order valence-electron chi connectivity index (χ2n) is 6.75. The molecule has 0 saturated carbocycles. The van der Waals surface area contributed by atoms with Gasteiger partial charge in [-0.25, -0.2) is 0 Å². The van der Waals surface area contributed by atoms with Crippen LogP contribution >= 0.6 is 11.8 Å². The Bertz CT molecular complexity index is 373. The summed E-state index contributed by atoms with van der Waals surface area (Å²) >= 11 is 2.03. The molecule has 1 rings (SSSR count). The maximum atomic E-state index is 3.57. The van der Waals surface area contributed by atoms with E-state index in [0.717, 1.165) is 25.4 Å². The second kappa shape index (κ2) is 11.1. The predicted molar refractivity (Wildman–Crippen MR) is 102 cm³/mol. The molecule has 1 aromatic carbocycles. The van der Waals surface area contributed by atoms with Crippen molar-refractivity contribution in [3.05, 3.63) is 35.9 Å². The topological polar surface area (TPSA) is 15.3 Å². The highest BCUT2D eigenvalue weighted by Gasteiger charge is 2.18. The summed E-state index contributed by atoms with van der Waals surface area (Å²) in [6.45, 7) is 13.8. The lowest BCUT2D eigenvalue weighted by atomic mass is 10.1. The van der Waals surface area contributed by atoms with Crippen molar-refractivity contribution in [2.75, 3.05) is 31.9 Å². The van der Waals surface area contributed by atoms with Gasteiger partial charge in [-0.05, 0) is 71.1 Å². The van der Waals surface area contributed by atoms with Gasteiger partial charge in [-0.2, -0.15) is 11.8 Å². The number of nitrogens with one attached hydrogen (secondary N) is 1. The first kappa shape index (κ1) is 19.5. The van der Waals surface area contributed by atoms with E-state index in [2.05, 4.69) is 68.2 Å². The van der Waals surface area contributed by atoms with Crippen molar-refractivity contribution in [1.82, 2.24) is 10.2 Å². The maximum Gasteiger partial charge on any atom is 0.0184 e. The summed E-state index contributed by atoms with van der Waals surface area (Å²) in [5, 5.41) is 3.57. The number of hydrogen-bond acceptors (Lipinski definition) is 3. The largest absolute Gasteiger partial charge is 0.317 e. The van der Waals surface area contributed by atoms with Crippen LogP contribution in [0.2, 0.25) is 0 Å². The summed E-state index contributed by atoms with van der Waals surface area (Å²) in [4.78, 5) is 2.55. The van der Waals surface area contributed by atoms with E-state index < -0.39 is 0 Å². The molecule has 22 heavy (non-hydrogen) atoms. The van der Waals surface area contributed by atoms with E-state index in [1.54, 1.807) is 0 Å². The highest BCUT2D eigenvalue weighted by atomic mass is 32.2. The molecule has 1 N–H and O–H groups in total. The van der Waals surface area contributed by atoms with Gasteiger partial charge in [0, 0.05) is 11.3 Å². The molecule has 0 aliphatic rings. The molecule has 0 aromatic heterocycles. The van der Waals surface area contributed by atoms with Crippen LogP contribution in [0.4, 0.5) is 0 Å². The number of rotatable bonds is 11. The maximum absolute atomic E-state index is 3.57. The van der Waals surface area contributed by atoms with E-state index in [9.17, 15) is 0 Å². The van der Waals surface area contributed by atoms with E-state index in [4.69, 9.17) is 0 Å². The third kappa shape index (κ3) is 8.82. The standard InChI is InChI=1S/C19H34N2S/c1-5-21(19(2,3)4)15-9-13-20-14-10-16-22-17-18-11-7-6-8-12-18/h6-8,11-12,20H,5,9-10,13-17H2,1-4H3. The molecule has 0 spiro atoms. The van der Waals surface area contributed by atoms with Crippen molar-refractivity contribution in [3.8, 4) is 0 Å². The predicted octanol–water partition coefficient (Wildman–Crippen LogP) is 4.41. The van der Waals surface area contributed by atoms with Crippen LogP contribution in [0.15, 0.2) is 30.3 Å². The first-order valence-corrected chi connectivity index (χ1v) is 9.77. The molecule has 0 atom stereocenters. The van der Waals surface area contributed by atoms with Crippen LogP contribution in [-0.2, 0) is 5.75 Å². The van der Waals surface area contributed by atoms with Gasteiger partial charge in [0.2, 0.25) is 0 Å². The highest BCUT2D eigenvalue weighted by Crippen LogP contribution is 2.13. The van der Waals surface area contributed by atoms with Crippen LogP contribution in [-0.4, -0.2) is 42.4 Å². The van der Waals surface area contributed by atoms with Gasteiger partial charge in [-0.3, -0.25) is 4.90 Å². The van der Waals surface area contributed by atoms with Gasteiger partial charge in [-0.1, -0.05) is 37.3 Å². The Morgan fingerprint density at radius 2 is 1.73 bits per heavy atom. The molecule has 2 nitrogen and oxygen atoms in total. The van der Waals surface area contributed by atoms with Crippen molar-refractivity contribution >= 4 is 11.8 Å². The molecule has 0 fully saturated rings. The Kier molecular flexibility index (Phi) is 9.85. The van der Waals surface area contributed by atoms with E-state index in [-0.39, 0.29) is 0 Å². The number of benzene rings is 1. The van der Waals surface area contributed by atoms with Crippen LogP contribution in [0, 0.1) is 0 Å². The van der Waals surface area contributed by atoms with Crippen LogP contribution in [0.25, 0.3) is 0 Å². The first-order chi connectivity index (χ1) is 10.5. The monoisotopic (exact) mass is 322 g/mol. The molecule has 1 aromatic rings. The van der Waals surface area contributed by atoms with Gasteiger partial charge in [0.05, 0.1) is 0 Å². The third-order valence-corrected chi connectivity index (χ3v) is 4.98. The minimum absolute atomic E-state index is 0.294. The van der Waals surface area contributed by atoms with Crippen LogP contribution in [0.1, 0.15) is 46.1 Å². The quantitative estimate of drug-likeness (QED) is 0.608. The first-order valence-electron chi connectivity index (χ1n) is 8.61. The number of hydrogen-bond donors (Lipinski definition) is 1. The summed E-state index contributed by atoms with van der Waals surface area (Å²) in [6.07, 6.45) is 2.50. The normalized spacial score (nSPS) is 12.0. The van der Waals surface area contributed by atoms with Gasteiger partial charge in [0.15, 0.2) is 0 Å². The van der Waals surface area contributed by atoms with E-state index >= 15 is 0 Å². The minimum Gasteiger partial charge on any atom is -0.317 e. The van der Waals surface area contributed by atoms with E-state index in [1.807, 2.05) is 11.8 Å². The van der Waals surface area contributed by atoms with Crippen LogP contribution in [0.3, 0.4) is 0 Å². The average molecular weight is 323 g/mol. The molecular weight excluding hydrogens is 288 g/mol. The minimum atomic E-state index is 0.294. The Hall–Kier alpha value is -0.510. The van der Waals surface area contributed by atoms with Gasteiger partial charge in [0.25, 0.3) is 0 Å². The van der Waals surface area contributed by atoms with Crippen molar-refractivity contribution < 1.29 is 0 Å². The van der Waals surface area contributed by atoms with Crippen molar-refractivity contribution in [2.45, 2.75) is 51.8 Å². The summed E-state index contributed by atoms with van der Waals surface area (Å²) in [5.74, 6) is 2.38.